The van der Waals surface area contributed by atoms with Gasteiger partial charge in [-0.1, -0.05) is 0 Å². The van der Waals surface area contributed by atoms with Gasteiger partial charge in [0.2, 0.25) is 5.88 Å². The molecule has 0 radical (unpaired) electrons. The lowest BCUT2D eigenvalue weighted by Crippen LogP contribution is -2.39. The molecule has 7 heteroatoms. The van der Waals surface area contributed by atoms with Crippen molar-refractivity contribution in [3.63, 3.8) is 0 Å². The van der Waals surface area contributed by atoms with Crippen LogP contribution in [0.1, 0.15) is 47.7 Å². The van der Waals surface area contributed by atoms with Crippen molar-refractivity contribution in [3.8, 4) is 5.88 Å². The fourth-order valence-electron chi connectivity index (χ4n) is 4.40. The van der Waals surface area contributed by atoms with Gasteiger partial charge in [0.25, 0.3) is 5.91 Å². The molecule has 29 heavy (non-hydrogen) atoms. The first kappa shape index (κ1) is 18.5. The highest BCUT2D eigenvalue weighted by Gasteiger charge is 2.37. The summed E-state index contributed by atoms with van der Waals surface area (Å²) < 4.78 is 19.3. The molecule has 1 aliphatic carbocycles. The average Bonchev–Trinajstić information content (AvgIpc) is 3.54. The first-order chi connectivity index (χ1) is 14.2. The second-order valence-electron chi connectivity index (χ2n) is 8.29. The monoisotopic (exact) mass is 396 g/mol. The van der Waals surface area contributed by atoms with Gasteiger partial charge >= 0.3 is 0 Å². The smallest absolute Gasteiger partial charge is 0.253 e. The van der Waals surface area contributed by atoms with Gasteiger partial charge in [0.05, 0.1) is 18.1 Å². The normalized spacial score (nSPS) is 24.8. The number of carbonyl (C=O) groups excluding carboxylic acids is 1. The topological polar surface area (TPSA) is 58.6 Å². The molecule has 1 aromatic carbocycles. The molecule has 2 atom stereocenters. The van der Waals surface area contributed by atoms with E-state index in [1.54, 1.807) is 18.3 Å². The van der Waals surface area contributed by atoms with E-state index in [1.807, 2.05) is 11.1 Å². The van der Waals surface area contributed by atoms with Crippen LogP contribution in [0.3, 0.4) is 0 Å². The number of aromatic nitrogens is 2. The van der Waals surface area contributed by atoms with Gasteiger partial charge in [-0.2, -0.15) is 0 Å². The lowest BCUT2D eigenvalue weighted by Gasteiger charge is -2.25. The van der Waals surface area contributed by atoms with Crippen LogP contribution in [0.2, 0.25) is 0 Å². The van der Waals surface area contributed by atoms with Crippen LogP contribution in [0.15, 0.2) is 36.7 Å². The van der Waals surface area contributed by atoms with E-state index in [9.17, 15) is 9.18 Å². The van der Waals surface area contributed by atoms with E-state index >= 15 is 0 Å². The first-order valence-corrected chi connectivity index (χ1v) is 10.4. The molecule has 0 spiro atoms. The largest absolute Gasteiger partial charge is 0.472 e. The van der Waals surface area contributed by atoms with E-state index in [0.29, 0.717) is 23.9 Å². The van der Waals surface area contributed by atoms with Crippen LogP contribution in [0.5, 0.6) is 5.88 Å². The van der Waals surface area contributed by atoms with Gasteiger partial charge in [-0.3, -0.25) is 14.7 Å². The molecule has 5 rings (SSSR count). The first-order valence-electron chi connectivity index (χ1n) is 10.4. The molecule has 2 aliphatic heterocycles. The quantitative estimate of drug-likeness (QED) is 0.795. The van der Waals surface area contributed by atoms with Crippen LogP contribution < -0.4 is 4.74 Å². The fraction of sp³-hybridized carbons (Fsp3) is 0.500. The number of nitrogens with zero attached hydrogens (tertiary/aromatic N) is 4. The number of ether oxygens (including phenoxy) is 1. The molecule has 152 valence electrons. The molecule has 3 heterocycles. The molecule has 6 nitrogen and oxygen atoms in total. The summed E-state index contributed by atoms with van der Waals surface area (Å²) in [7, 11) is 0. The maximum Gasteiger partial charge on any atom is 0.253 e. The summed E-state index contributed by atoms with van der Waals surface area (Å²) in [6, 6.07) is 6.07. The molecule has 2 saturated heterocycles. The number of carbonyl (C=O) groups is 1. The van der Waals surface area contributed by atoms with E-state index < -0.39 is 0 Å². The van der Waals surface area contributed by atoms with E-state index in [1.165, 1.54) is 25.0 Å². The summed E-state index contributed by atoms with van der Waals surface area (Å²) in [6.07, 6.45) is 7.83. The Balaban J connectivity index is 1.21. The molecule has 2 aromatic rings. The van der Waals surface area contributed by atoms with E-state index in [4.69, 9.17) is 4.74 Å². The lowest BCUT2D eigenvalue weighted by molar-refractivity contribution is 0.0742. The Labute approximate surface area is 169 Å². The highest BCUT2D eigenvalue weighted by molar-refractivity contribution is 5.94. The summed E-state index contributed by atoms with van der Waals surface area (Å²) in [5.41, 5.74) is 1.60. The van der Waals surface area contributed by atoms with Gasteiger partial charge in [-0.15, -0.1) is 0 Å². The summed E-state index contributed by atoms with van der Waals surface area (Å²) >= 11 is 0. The molecular formula is C22H25FN4O2. The molecule has 0 bridgehead atoms. The van der Waals surface area contributed by atoms with Crippen molar-refractivity contribution in [2.75, 3.05) is 26.2 Å². The molecule has 0 N–H and O–H groups in total. The van der Waals surface area contributed by atoms with Gasteiger partial charge < -0.3 is 9.64 Å². The molecular weight excluding hydrogens is 371 g/mol. The lowest BCUT2D eigenvalue weighted by atomic mass is 10.1. The van der Waals surface area contributed by atoms with Crippen molar-refractivity contribution in [2.24, 2.45) is 0 Å². The van der Waals surface area contributed by atoms with Crippen LogP contribution in [0.25, 0.3) is 0 Å². The van der Waals surface area contributed by atoms with Crippen LogP contribution in [-0.4, -0.2) is 64.0 Å². The zero-order chi connectivity index (χ0) is 19.8. The van der Waals surface area contributed by atoms with E-state index in [0.717, 1.165) is 38.2 Å². The summed E-state index contributed by atoms with van der Waals surface area (Å²) in [6.45, 7) is 3.19. The second-order valence-corrected chi connectivity index (χ2v) is 8.29. The molecule has 1 aromatic heterocycles. The number of halogens is 1. The third kappa shape index (κ3) is 4.10. The Kier molecular flexibility index (Phi) is 4.91. The summed E-state index contributed by atoms with van der Waals surface area (Å²) in [5.74, 6) is 0.812. The third-order valence-electron chi connectivity index (χ3n) is 6.10. The number of benzene rings is 1. The molecule has 3 aliphatic rings. The van der Waals surface area contributed by atoms with Crippen LogP contribution in [0.4, 0.5) is 4.39 Å². The molecule has 1 saturated carbocycles. The molecule has 2 unspecified atom stereocenters. The fourth-order valence-corrected chi connectivity index (χ4v) is 4.40. The number of hydrogen-bond donors (Lipinski definition) is 0. The van der Waals surface area contributed by atoms with Crippen molar-refractivity contribution in [3.05, 3.63) is 53.7 Å². The van der Waals surface area contributed by atoms with Crippen LogP contribution >= 0.6 is 0 Å². The standard InChI is InChI=1S/C22H25FN4O2/c23-17-6-4-16(5-7-17)22(28)27-9-1-8-26-14-19(10-18(26)13-27)29-21-12-24-20(11-25-21)15-2-3-15/h4-7,11-12,15,18-19H,1-3,8-10,13-14H2. The van der Waals surface area contributed by atoms with Crippen molar-refractivity contribution >= 4 is 5.91 Å². The average molecular weight is 396 g/mol. The Bertz CT molecular complexity index is 869. The Hall–Kier alpha value is -2.54. The van der Waals surface area contributed by atoms with Gasteiger partial charge in [0, 0.05) is 50.1 Å². The van der Waals surface area contributed by atoms with Gasteiger partial charge in [0.1, 0.15) is 11.9 Å². The minimum absolute atomic E-state index is 0.0299. The second kappa shape index (κ2) is 7.71. The zero-order valence-electron chi connectivity index (χ0n) is 16.3. The number of fused-ring (bicyclic) bond motifs is 1. The van der Waals surface area contributed by atoms with E-state index in [-0.39, 0.29) is 23.9 Å². The van der Waals surface area contributed by atoms with Gasteiger partial charge in [-0.05, 0) is 43.5 Å². The van der Waals surface area contributed by atoms with Gasteiger partial charge in [0.15, 0.2) is 0 Å². The predicted molar refractivity (Wildman–Crippen MR) is 105 cm³/mol. The highest BCUT2D eigenvalue weighted by Crippen LogP contribution is 2.38. The van der Waals surface area contributed by atoms with Crippen LogP contribution in [0, 0.1) is 5.82 Å². The minimum Gasteiger partial charge on any atom is -0.472 e. The van der Waals surface area contributed by atoms with Crippen molar-refractivity contribution in [2.45, 2.75) is 43.7 Å². The number of hydrogen-bond acceptors (Lipinski definition) is 5. The molecule has 3 fully saturated rings. The SMILES string of the molecule is O=C(c1ccc(F)cc1)N1CCCN2CC(Oc3cnc(C4CC4)cn3)CC2C1. The third-order valence-corrected chi connectivity index (χ3v) is 6.10. The van der Waals surface area contributed by atoms with Crippen LogP contribution in [-0.2, 0) is 0 Å². The Morgan fingerprint density at radius 2 is 1.90 bits per heavy atom. The van der Waals surface area contributed by atoms with Crippen molar-refractivity contribution in [1.82, 2.24) is 19.8 Å². The number of amides is 1. The molecule has 1 amide bonds. The highest BCUT2D eigenvalue weighted by atomic mass is 19.1. The van der Waals surface area contributed by atoms with Gasteiger partial charge in [-0.25, -0.2) is 9.37 Å². The van der Waals surface area contributed by atoms with E-state index in [2.05, 4.69) is 14.9 Å². The van der Waals surface area contributed by atoms with Crippen molar-refractivity contribution < 1.29 is 13.9 Å². The summed E-state index contributed by atoms with van der Waals surface area (Å²) in [4.78, 5) is 26.1. The minimum atomic E-state index is -0.326. The Morgan fingerprint density at radius 1 is 1.07 bits per heavy atom. The number of rotatable bonds is 4. The zero-order valence-corrected chi connectivity index (χ0v) is 16.3. The maximum absolute atomic E-state index is 13.2. The maximum atomic E-state index is 13.2. The van der Waals surface area contributed by atoms with Crippen molar-refractivity contribution in [1.29, 1.82) is 0 Å². The predicted octanol–water partition coefficient (Wildman–Crippen LogP) is 2.86. The summed E-state index contributed by atoms with van der Waals surface area (Å²) in [5, 5.41) is 0. The Morgan fingerprint density at radius 3 is 2.62 bits per heavy atom.